The van der Waals surface area contributed by atoms with Crippen molar-refractivity contribution in [3.63, 3.8) is 0 Å². The van der Waals surface area contributed by atoms with Crippen molar-refractivity contribution < 1.29 is 4.74 Å². The molecule has 4 nitrogen and oxygen atoms in total. The van der Waals surface area contributed by atoms with E-state index in [1.807, 2.05) is 6.20 Å². The second-order valence-corrected chi connectivity index (χ2v) is 4.38. The number of pyridine rings is 1. The fraction of sp³-hybridized carbons (Fsp3) is 0.615. The lowest BCUT2D eigenvalue weighted by atomic mass is 10.1. The van der Waals surface area contributed by atoms with Crippen LogP contribution in [0.1, 0.15) is 19.8 Å². The van der Waals surface area contributed by atoms with E-state index in [-0.39, 0.29) is 0 Å². The fourth-order valence-corrected chi connectivity index (χ4v) is 2.20. The van der Waals surface area contributed by atoms with Crippen molar-refractivity contribution in [2.45, 2.75) is 25.8 Å². The highest BCUT2D eigenvalue weighted by Gasteiger charge is 2.18. The Morgan fingerprint density at radius 2 is 2.24 bits per heavy atom. The largest absolute Gasteiger partial charge is 0.381 e. The van der Waals surface area contributed by atoms with E-state index in [1.165, 1.54) is 5.69 Å². The molecule has 1 aromatic heterocycles. The molecule has 0 spiro atoms. The minimum atomic E-state index is 0.584. The molecule has 2 heterocycles. The Kier molecular flexibility index (Phi) is 4.20. The average molecular weight is 235 g/mol. The van der Waals surface area contributed by atoms with E-state index in [1.54, 1.807) is 0 Å². The van der Waals surface area contributed by atoms with Crippen LogP contribution in [0.2, 0.25) is 0 Å². The van der Waals surface area contributed by atoms with Crippen LogP contribution in [0.3, 0.4) is 0 Å². The lowest BCUT2D eigenvalue weighted by Crippen LogP contribution is -2.36. The smallest absolute Gasteiger partial charge is 0.127 e. The van der Waals surface area contributed by atoms with E-state index in [9.17, 15) is 0 Å². The predicted molar refractivity (Wildman–Crippen MR) is 70.6 cm³/mol. The lowest BCUT2D eigenvalue weighted by Gasteiger charge is -2.33. The van der Waals surface area contributed by atoms with Gasteiger partial charge in [-0.05, 0) is 25.8 Å². The molecule has 1 aliphatic rings. The number of rotatable bonds is 4. The van der Waals surface area contributed by atoms with Gasteiger partial charge in [0.15, 0.2) is 0 Å². The van der Waals surface area contributed by atoms with Gasteiger partial charge in [-0.3, -0.25) is 0 Å². The first-order chi connectivity index (χ1) is 8.31. The third-order valence-corrected chi connectivity index (χ3v) is 3.25. The van der Waals surface area contributed by atoms with Crippen molar-refractivity contribution in [2.24, 2.45) is 0 Å². The Hall–Kier alpha value is -1.29. The molecular weight excluding hydrogens is 214 g/mol. The van der Waals surface area contributed by atoms with E-state index in [0.717, 1.165) is 38.4 Å². The van der Waals surface area contributed by atoms with Crippen LogP contribution in [-0.2, 0) is 4.74 Å². The minimum Gasteiger partial charge on any atom is -0.381 e. The number of aromatic nitrogens is 1. The molecule has 1 saturated heterocycles. The summed E-state index contributed by atoms with van der Waals surface area (Å²) in [6.45, 7) is 4.73. The molecule has 1 aromatic rings. The van der Waals surface area contributed by atoms with Gasteiger partial charge in [0.1, 0.15) is 5.82 Å². The highest BCUT2D eigenvalue weighted by molar-refractivity contribution is 5.54. The highest BCUT2D eigenvalue weighted by atomic mass is 16.5. The van der Waals surface area contributed by atoms with Crippen LogP contribution in [-0.4, -0.2) is 37.8 Å². The number of hydrogen-bond donors (Lipinski definition) is 1. The Balaban J connectivity index is 2.06. The zero-order chi connectivity index (χ0) is 12.1. The van der Waals surface area contributed by atoms with Crippen LogP contribution < -0.4 is 10.2 Å². The maximum atomic E-state index is 5.40. The summed E-state index contributed by atoms with van der Waals surface area (Å²) < 4.78 is 5.40. The SMILES string of the molecule is CCNc1cc(N(C)C2CCOCC2)ccn1. The van der Waals surface area contributed by atoms with Crippen molar-refractivity contribution in [1.29, 1.82) is 0 Å². The summed E-state index contributed by atoms with van der Waals surface area (Å²) in [5.74, 6) is 0.948. The van der Waals surface area contributed by atoms with Crippen LogP contribution in [0.5, 0.6) is 0 Å². The molecule has 1 aliphatic heterocycles. The average Bonchev–Trinajstić information content (AvgIpc) is 2.40. The molecule has 17 heavy (non-hydrogen) atoms. The Bertz CT molecular complexity index is 350. The Morgan fingerprint density at radius 3 is 2.94 bits per heavy atom. The Morgan fingerprint density at radius 1 is 1.47 bits per heavy atom. The molecule has 1 fully saturated rings. The predicted octanol–water partition coefficient (Wildman–Crippen LogP) is 2.13. The van der Waals surface area contributed by atoms with E-state index in [0.29, 0.717) is 6.04 Å². The molecule has 0 atom stereocenters. The summed E-state index contributed by atoms with van der Waals surface area (Å²) in [6, 6.07) is 4.76. The summed E-state index contributed by atoms with van der Waals surface area (Å²) in [4.78, 5) is 6.63. The molecule has 4 heteroatoms. The van der Waals surface area contributed by atoms with E-state index in [2.05, 4.69) is 41.3 Å². The monoisotopic (exact) mass is 235 g/mol. The molecule has 0 radical (unpaired) electrons. The number of anilines is 2. The second-order valence-electron chi connectivity index (χ2n) is 4.38. The van der Waals surface area contributed by atoms with Crippen LogP contribution in [0.15, 0.2) is 18.3 Å². The lowest BCUT2D eigenvalue weighted by molar-refractivity contribution is 0.0855. The van der Waals surface area contributed by atoms with Gasteiger partial charge in [-0.2, -0.15) is 0 Å². The number of ether oxygens (including phenoxy) is 1. The van der Waals surface area contributed by atoms with Crippen LogP contribution in [0, 0.1) is 0 Å². The molecule has 0 aromatic carbocycles. The summed E-state index contributed by atoms with van der Waals surface area (Å²) in [5, 5.41) is 3.24. The van der Waals surface area contributed by atoms with Gasteiger partial charge in [-0.1, -0.05) is 0 Å². The molecule has 2 rings (SSSR count). The Labute approximate surface area is 103 Å². The quantitative estimate of drug-likeness (QED) is 0.867. The topological polar surface area (TPSA) is 37.4 Å². The zero-order valence-electron chi connectivity index (χ0n) is 10.6. The van der Waals surface area contributed by atoms with Crippen LogP contribution >= 0.6 is 0 Å². The molecule has 94 valence electrons. The molecular formula is C13H21N3O. The first-order valence-corrected chi connectivity index (χ1v) is 6.31. The van der Waals surface area contributed by atoms with Gasteiger partial charge in [-0.25, -0.2) is 4.98 Å². The summed E-state index contributed by atoms with van der Waals surface area (Å²) in [6.07, 6.45) is 4.08. The van der Waals surface area contributed by atoms with E-state index < -0.39 is 0 Å². The molecule has 0 aliphatic carbocycles. The van der Waals surface area contributed by atoms with Gasteiger partial charge in [0.05, 0.1) is 0 Å². The summed E-state index contributed by atoms with van der Waals surface area (Å²) in [7, 11) is 2.15. The van der Waals surface area contributed by atoms with Crippen molar-refractivity contribution >= 4 is 11.5 Å². The van der Waals surface area contributed by atoms with Crippen molar-refractivity contribution in [3.8, 4) is 0 Å². The van der Waals surface area contributed by atoms with Gasteiger partial charge < -0.3 is 15.0 Å². The van der Waals surface area contributed by atoms with Gasteiger partial charge >= 0.3 is 0 Å². The molecule has 0 saturated carbocycles. The van der Waals surface area contributed by atoms with E-state index in [4.69, 9.17) is 4.74 Å². The minimum absolute atomic E-state index is 0.584. The maximum Gasteiger partial charge on any atom is 0.127 e. The first kappa shape index (κ1) is 12.2. The highest BCUT2D eigenvalue weighted by Crippen LogP contribution is 2.22. The third-order valence-electron chi connectivity index (χ3n) is 3.25. The van der Waals surface area contributed by atoms with Crippen molar-refractivity contribution in [1.82, 2.24) is 4.98 Å². The number of nitrogens with one attached hydrogen (secondary N) is 1. The summed E-state index contributed by atoms with van der Waals surface area (Å²) >= 11 is 0. The first-order valence-electron chi connectivity index (χ1n) is 6.31. The molecule has 0 bridgehead atoms. The molecule has 1 N–H and O–H groups in total. The third kappa shape index (κ3) is 3.09. The maximum absolute atomic E-state index is 5.40. The zero-order valence-corrected chi connectivity index (χ0v) is 10.6. The van der Waals surface area contributed by atoms with Gasteiger partial charge in [-0.15, -0.1) is 0 Å². The van der Waals surface area contributed by atoms with Crippen LogP contribution in [0.4, 0.5) is 11.5 Å². The standard InChI is InChI=1S/C13H21N3O/c1-3-14-13-10-12(4-7-15-13)16(2)11-5-8-17-9-6-11/h4,7,10-11H,3,5-6,8-9H2,1-2H3,(H,14,15). The summed E-state index contributed by atoms with van der Waals surface area (Å²) in [5.41, 5.74) is 1.22. The van der Waals surface area contributed by atoms with Gasteiger partial charge in [0, 0.05) is 50.8 Å². The van der Waals surface area contributed by atoms with Gasteiger partial charge in [0.25, 0.3) is 0 Å². The molecule has 0 amide bonds. The van der Waals surface area contributed by atoms with E-state index >= 15 is 0 Å². The second kappa shape index (κ2) is 5.87. The number of hydrogen-bond acceptors (Lipinski definition) is 4. The number of nitrogens with zero attached hydrogens (tertiary/aromatic N) is 2. The van der Waals surface area contributed by atoms with Gasteiger partial charge in [0.2, 0.25) is 0 Å². The normalized spacial score (nSPS) is 16.8. The van der Waals surface area contributed by atoms with Crippen LogP contribution in [0.25, 0.3) is 0 Å². The van der Waals surface area contributed by atoms with Crippen molar-refractivity contribution in [2.75, 3.05) is 37.0 Å². The van der Waals surface area contributed by atoms with Crippen molar-refractivity contribution in [3.05, 3.63) is 18.3 Å². The fourth-order valence-electron chi connectivity index (χ4n) is 2.20. The molecule has 0 unspecified atom stereocenters.